The minimum Gasteiger partial charge on any atom is -0.467 e. The van der Waals surface area contributed by atoms with Gasteiger partial charge in [0.15, 0.2) is 0 Å². The largest absolute Gasteiger partial charge is 0.467 e. The van der Waals surface area contributed by atoms with Gasteiger partial charge in [-0.3, -0.25) is 0 Å². The summed E-state index contributed by atoms with van der Waals surface area (Å²) in [4.78, 5) is 5.21. The third kappa shape index (κ3) is 3.23. The topological polar surface area (TPSA) is 19.6 Å². The zero-order valence-electron chi connectivity index (χ0n) is 24.5. The van der Waals surface area contributed by atoms with Gasteiger partial charge in [-0.1, -0.05) is 116 Å². The predicted molar refractivity (Wildman–Crippen MR) is 182 cm³/mol. The minimum atomic E-state index is 0.0161. The standard InChI is InChI=1S/C40H31BN2O/c1-4-14-26(15-5-1)35-38-40(44-39(35)27-16-6-2-7-17-27)41-31-22-12-21-30-29-20-10-11-23-32(29)43(37(30)31)34-25-13-24-33(36(34)41)42(38)28-18-8-3-9-19-28/h1-9,12-19,21-22,24-25,29,32H,10-11,20,23H2. The van der Waals surface area contributed by atoms with E-state index in [9.17, 15) is 0 Å². The van der Waals surface area contributed by atoms with Crippen LogP contribution in [0, 0.1) is 0 Å². The van der Waals surface area contributed by atoms with Crippen molar-refractivity contribution in [2.75, 3.05) is 9.80 Å². The number of hydrogen-bond donors (Lipinski definition) is 0. The molecule has 5 aromatic carbocycles. The van der Waals surface area contributed by atoms with E-state index >= 15 is 0 Å². The number of para-hydroxylation sites is 2. The Bertz CT molecular complexity index is 2050. The van der Waals surface area contributed by atoms with Crippen molar-refractivity contribution in [2.24, 2.45) is 0 Å². The van der Waals surface area contributed by atoms with Crippen LogP contribution in [0.4, 0.5) is 28.4 Å². The first-order valence-corrected chi connectivity index (χ1v) is 16.1. The summed E-state index contributed by atoms with van der Waals surface area (Å²) in [5.74, 6) is 1.52. The molecular formula is C40H31BN2O. The minimum absolute atomic E-state index is 0.0161. The second kappa shape index (κ2) is 9.27. The van der Waals surface area contributed by atoms with Crippen LogP contribution in [0.3, 0.4) is 0 Å². The summed E-state index contributed by atoms with van der Waals surface area (Å²) < 4.78 is 7.29. The lowest BCUT2D eigenvalue weighted by Crippen LogP contribution is -2.61. The van der Waals surface area contributed by atoms with Gasteiger partial charge in [-0.25, -0.2) is 0 Å². The molecule has 1 aliphatic carbocycles. The number of anilines is 5. The molecule has 1 aromatic heterocycles. The fourth-order valence-electron chi connectivity index (χ4n) is 8.80. The highest BCUT2D eigenvalue weighted by Crippen LogP contribution is 2.54. The third-order valence-corrected chi connectivity index (χ3v) is 10.5. The molecular weight excluding hydrogens is 535 g/mol. The summed E-state index contributed by atoms with van der Waals surface area (Å²) in [5.41, 5.74) is 15.1. The molecule has 0 saturated heterocycles. The van der Waals surface area contributed by atoms with E-state index in [1.165, 1.54) is 64.8 Å². The van der Waals surface area contributed by atoms with E-state index in [-0.39, 0.29) is 6.71 Å². The van der Waals surface area contributed by atoms with Crippen molar-refractivity contribution < 1.29 is 4.42 Å². The van der Waals surface area contributed by atoms with Crippen LogP contribution < -0.4 is 26.4 Å². The molecule has 44 heavy (non-hydrogen) atoms. The van der Waals surface area contributed by atoms with Gasteiger partial charge < -0.3 is 14.2 Å². The molecule has 0 spiro atoms. The molecule has 1 fully saturated rings. The summed E-state index contributed by atoms with van der Waals surface area (Å²) in [6.07, 6.45) is 5.15. The summed E-state index contributed by atoms with van der Waals surface area (Å²) in [6, 6.07) is 46.9. The molecule has 1 saturated carbocycles. The van der Waals surface area contributed by atoms with Gasteiger partial charge in [-0.05, 0) is 59.2 Å². The van der Waals surface area contributed by atoms with E-state index in [1.54, 1.807) is 0 Å². The average Bonchev–Trinajstić information content (AvgIpc) is 3.65. The number of benzene rings is 5. The lowest BCUT2D eigenvalue weighted by Gasteiger charge is -2.43. The van der Waals surface area contributed by atoms with E-state index in [0.29, 0.717) is 12.0 Å². The number of hydrogen-bond acceptors (Lipinski definition) is 3. The Morgan fingerprint density at radius 3 is 2.09 bits per heavy atom. The number of rotatable bonds is 3. The fraction of sp³-hybridized carbons (Fsp3) is 0.150. The molecule has 0 radical (unpaired) electrons. The molecule has 0 amide bonds. The molecule has 210 valence electrons. The Morgan fingerprint density at radius 2 is 1.30 bits per heavy atom. The van der Waals surface area contributed by atoms with E-state index < -0.39 is 0 Å². The average molecular weight is 567 g/mol. The molecule has 3 nitrogen and oxygen atoms in total. The summed E-state index contributed by atoms with van der Waals surface area (Å²) in [6.45, 7) is 0.0161. The van der Waals surface area contributed by atoms with Crippen LogP contribution in [-0.4, -0.2) is 12.8 Å². The summed E-state index contributed by atoms with van der Waals surface area (Å²) >= 11 is 0. The van der Waals surface area contributed by atoms with E-state index in [2.05, 4.69) is 137 Å². The maximum absolute atomic E-state index is 7.29. The van der Waals surface area contributed by atoms with Gasteiger partial charge in [-0.2, -0.15) is 0 Å². The van der Waals surface area contributed by atoms with Crippen LogP contribution in [-0.2, 0) is 0 Å². The molecule has 2 unspecified atom stereocenters. The Balaban J connectivity index is 1.34. The summed E-state index contributed by atoms with van der Waals surface area (Å²) in [5, 5.41) is 0. The van der Waals surface area contributed by atoms with Gasteiger partial charge in [0.05, 0.1) is 16.9 Å². The van der Waals surface area contributed by atoms with Crippen molar-refractivity contribution in [3.8, 4) is 22.5 Å². The van der Waals surface area contributed by atoms with Crippen molar-refractivity contribution in [3.63, 3.8) is 0 Å². The van der Waals surface area contributed by atoms with Gasteiger partial charge in [0.1, 0.15) is 5.76 Å². The summed E-state index contributed by atoms with van der Waals surface area (Å²) in [7, 11) is 0. The highest BCUT2D eigenvalue weighted by molar-refractivity contribution is 6.99. The van der Waals surface area contributed by atoms with E-state index in [1.807, 2.05) is 0 Å². The molecule has 4 heterocycles. The molecule has 4 aliphatic rings. The van der Waals surface area contributed by atoms with Crippen molar-refractivity contribution in [2.45, 2.75) is 37.6 Å². The quantitative estimate of drug-likeness (QED) is 0.200. The second-order valence-electron chi connectivity index (χ2n) is 12.7. The van der Waals surface area contributed by atoms with Crippen LogP contribution in [0.1, 0.15) is 37.2 Å². The predicted octanol–water partition coefficient (Wildman–Crippen LogP) is 8.40. The zero-order valence-corrected chi connectivity index (χ0v) is 24.5. The lowest BCUT2D eigenvalue weighted by molar-refractivity contribution is 0.402. The third-order valence-electron chi connectivity index (χ3n) is 10.5. The highest BCUT2D eigenvalue weighted by Gasteiger charge is 2.52. The van der Waals surface area contributed by atoms with Gasteiger partial charge >= 0.3 is 0 Å². The lowest BCUT2D eigenvalue weighted by atomic mass is 9.35. The van der Waals surface area contributed by atoms with Gasteiger partial charge in [-0.15, -0.1) is 0 Å². The van der Waals surface area contributed by atoms with Gasteiger partial charge in [0, 0.05) is 40.3 Å². The van der Waals surface area contributed by atoms with Crippen LogP contribution in [0.15, 0.2) is 132 Å². The van der Waals surface area contributed by atoms with Gasteiger partial charge in [0.25, 0.3) is 6.71 Å². The normalized spacial score (nSPS) is 18.9. The number of nitrogens with zero attached hydrogens (tertiary/aromatic N) is 2. The van der Waals surface area contributed by atoms with Crippen LogP contribution >= 0.6 is 0 Å². The van der Waals surface area contributed by atoms with E-state index in [4.69, 9.17) is 4.42 Å². The first-order chi connectivity index (χ1) is 21.9. The Morgan fingerprint density at radius 1 is 0.614 bits per heavy atom. The van der Waals surface area contributed by atoms with Gasteiger partial charge in [0.2, 0.25) is 0 Å². The van der Waals surface area contributed by atoms with Crippen molar-refractivity contribution in [1.82, 2.24) is 0 Å². The van der Waals surface area contributed by atoms with E-state index in [0.717, 1.165) is 33.9 Å². The SMILES string of the molecule is c1ccc(-c2oc3c(c2-c2ccccc2)N(c2ccccc2)c2cccc4c2B3c2cccc3c2N4C2CCCCC32)cc1. The monoisotopic (exact) mass is 566 g/mol. The highest BCUT2D eigenvalue weighted by atomic mass is 16.3. The molecule has 10 rings (SSSR count). The van der Waals surface area contributed by atoms with Crippen LogP contribution in [0.25, 0.3) is 22.5 Å². The maximum atomic E-state index is 7.29. The molecule has 2 atom stereocenters. The second-order valence-corrected chi connectivity index (χ2v) is 12.7. The van der Waals surface area contributed by atoms with Crippen molar-refractivity contribution >= 4 is 51.7 Å². The Hall–Kier alpha value is -4.96. The molecule has 0 N–H and O–H groups in total. The molecule has 4 heteroatoms. The van der Waals surface area contributed by atoms with Crippen LogP contribution in [0.2, 0.25) is 0 Å². The maximum Gasteiger partial charge on any atom is 0.297 e. The first kappa shape index (κ1) is 24.5. The van der Waals surface area contributed by atoms with Crippen LogP contribution in [0.5, 0.6) is 0 Å². The Labute approximate surface area is 258 Å². The van der Waals surface area contributed by atoms with Crippen molar-refractivity contribution in [3.05, 3.63) is 133 Å². The smallest absolute Gasteiger partial charge is 0.297 e. The number of furan rings is 1. The zero-order chi connectivity index (χ0) is 28.8. The number of fused-ring (bicyclic) bond motifs is 7. The fourth-order valence-corrected chi connectivity index (χ4v) is 8.80. The first-order valence-electron chi connectivity index (χ1n) is 16.1. The molecule has 6 aromatic rings. The molecule has 0 bridgehead atoms. The molecule has 3 aliphatic heterocycles. The Kier molecular flexibility index (Phi) is 5.16. The van der Waals surface area contributed by atoms with Crippen molar-refractivity contribution in [1.29, 1.82) is 0 Å².